The highest BCUT2D eigenvalue weighted by Crippen LogP contribution is 2.44. The number of pyridine rings is 1. The van der Waals surface area contributed by atoms with Crippen molar-refractivity contribution in [3.05, 3.63) is 24.4 Å². The van der Waals surface area contributed by atoms with Crippen LogP contribution in [-0.4, -0.2) is 61.2 Å². The molecule has 1 N–H and O–H groups in total. The van der Waals surface area contributed by atoms with Gasteiger partial charge in [0.05, 0.1) is 11.7 Å². The van der Waals surface area contributed by atoms with Gasteiger partial charge in [0.2, 0.25) is 10.0 Å². The van der Waals surface area contributed by atoms with Gasteiger partial charge in [-0.15, -0.1) is 0 Å². The van der Waals surface area contributed by atoms with E-state index in [1.165, 1.54) is 10.6 Å². The van der Waals surface area contributed by atoms with Crippen LogP contribution in [0.4, 0.5) is 5.82 Å². The van der Waals surface area contributed by atoms with Crippen molar-refractivity contribution in [2.24, 2.45) is 11.3 Å². The standard InChI is InChI=1S/C15H21N3O4S/c1-23(21,22)18-8-4-6-15(14(19)20)11-17(9-12(15)10-18)13-5-2-3-7-16-13/h2-3,5,7,12H,4,6,8-11H2,1H3,(H,19,20)/t12-,15+/m1/s1. The summed E-state index contributed by atoms with van der Waals surface area (Å²) in [7, 11) is -3.32. The Morgan fingerprint density at radius 2 is 2.17 bits per heavy atom. The Labute approximate surface area is 136 Å². The number of anilines is 1. The smallest absolute Gasteiger partial charge is 0.311 e. The van der Waals surface area contributed by atoms with Crippen LogP contribution in [0, 0.1) is 11.3 Å². The molecule has 0 bridgehead atoms. The Hall–Kier alpha value is -1.67. The lowest BCUT2D eigenvalue weighted by molar-refractivity contribution is -0.150. The van der Waals surface area contributed by atoms with Gasteiger partial charge in [0, 0.05) is 38.3 Å². The van der Waals surface area contributed by atoms with Gasteiger partial charge in [-0.2, -0.15) is 0 Å². The van der Waals surface area contributed by atoms with Crippen LogP contribution < -0.4 is 4.90 Å². The minimum Gasteiger partial charge on any atom is -0.481 e. The normalized spacial score (nSPS) is 29.1. The van der Waals surface area contributed by atoms with Crippen LogP contribution >= 0.6 is 0 Å². The molecule has 2 saturated heterocycles. The maximum Gasteiger partial charge on any atom is 0.311 e. The summed E-state index contributed by atoms with van der Waals surface area (Å²) >= 11 is 0. The lowest BCUT2D eigenvalue weighted by atomic mass is 9.75. The Morgan fingerprint density at radius 3 is 2.78 bits per heavy atom. The first-order valence-corrected chi connectivity index (χ1v) is 9.52. The first kappa shape index (κ1) is 16.2. The van der Waals surface area contributed by atoms with E-state index in [0.29, 0.717) is 32.5 Å². The predicted octanol–water partition coefficient (Wildman–Crippen LogP) is 0.644. The van der Waals surface area contributed by atoms with Gasteiger partial charge in [0.1, 0.15) is 5.82 Å². The highest BCUT2D eigenvalue weighted by atomic mass is 32.2. The van der Waals surface area contributed by atoms with Crippen molar-refractivity contribution in [2.45, 2.75) is 12.8 Å². The summed E-state index contributed by atoms with van der Waals surface area (Å²) in [4.78, 5) is 18.3. The number of carbonyl (C=O) groups is 1. The van der Waals surface area contributed by atoms with Crippen molar-refractivity contribution in [2.75, 3.05) is 37.3 Å². The van der Waals surface area contributed by atoms with Crippen LogP contribution in [0.5, 0.6) is 0 Å². The zero-order valence-electron chi connectivity index (χ0n) is 13.1. The zero-order chi connectivity index (χ0) is 16.7. The maximum atomic E-state index is 12.0. The molecule has 2 aliphatic heterocycles. The molecule has 0 radical (unpaired) electrons. The highest BCUT2D eigenvalue weighted by molar-refractivity contribution is 7.88. The van der Waals surface area contributed by atoms with Gasteiger partial charge < -0.3 is 10.0 Å². The number of nitrogens with zero attached hydrogens (tertiary/aromatic N) is 3. The Balaban J connectivity index is 1.92. The first-order valence-electron chi connectivity index (χ1n) is 7.67. The lowest BCUT2D eigenvalue weighted by Gasteiger charge is -2.28. The molecule has 1 aromatic heterocycles. The summed E-state index contributed by atoms with van der Waals surface area (Å²) < 4.78 is 25.2. The molecule has 0 unspecified atom stereocenters. The van der Waals surface area contributed by atoms with Gasteiger partial charge >= 0.3 is 5.97 Å². The van der Waals surface area contributed by atoms with Crippen LogP contribution in [0.1, 0.15) is 12.8 Å². The first-order chi connectivity index (χ1) is 10.8. The van der Waals surface area contributed by atoms with Crippen LogP contribution in [0.2, 0.25) is 0 Å². The molecular weight excluding hydrogens is 318 g/mol. The highest BCUT2D eigenvalue weighted by Gasteiger charge is 2.54. The van der Waals surface area contributed by atoms with E-state index in [-0.39, 0.29) is 12.5 Å². The number of aromatic nitrogens is 1. The quantitative estimate of drug-likeness (QED) is 0.869. The molecule has 1 aromatic rings. The Morgan fingerprint density at radius 1 is 1.39 bits per heavy atom. The van der Waals surface area contributed by atoms with Crippen molar-refractivity contribution in [3.8, 4) is 0 Å². The van der Waals surface area contributed by atoms with Crippen molar-refractivity contribution in [1.82, 2.24) is 9.29 Å². The molecular formula is C15H21N3O4S. The number of carboxylic acids is 1. The van der Waals surface area contributed by atoms with E-state index in [0.717, 1.165) is 5.82 Å². The molecule has 2 atom stereocenters. The van der Waals surface area contributed by atoms with Crippen LogP contribution in [-0.2, 0) is 14.8 Å². The fourth-order valence-electron chi connectivity index (χ4n) is 3.76. The average Bonchev–Trinajstić information content (AvgIpc) is 2.76. The van der Waals surface area contributed by atoms with E-state index in [4.69, 9.17) is 0 Å². The second-order valence-electron chi connectivity index (χ2n) is 6.45. The second-order valence-corrected chi connectivity index (χ2v) is 8.43. The third kappa shape index (κ3) is 2.92. The molecule has 0 aromatic carbocycles. The maximum absolute atomic E-state index is 12.0. The van der Waals surface area contributed by atoms with Gasteiger partial charge in [0.15, 0.2) is 0 Å². The summed E-state index contributed by atoms with van der Waals surface area (Å²) in [6.07, 6.45) is 3.92. The summed E-state index contributed by atoms with van der Waals surface area (Å²) in [5.41, 5.74) is -0.906. The van der Waals surface area contributed by atoms with Crippen molar-refractivity contribution in [3.63, 3.8) is 0 Å². The van der Waals surface area contributed by atoms with E-state index in [1.54, 1.807) is 6.20 Å². The molecule has 0 spiro atoms. The average molecular weight is 339 g/mol. The van der Waals surface area contributed by atoms with Crippen LogP contribution in [0.15, 0.2) is 24.4 Å². The van der Waals surface area contributed by atoms with Gasteiger partial charge in [0.25, 0.3) is 0 Å². The number of carboxylic acid groups (broad SMARTS) is 1. The van der Waals surface area contributed by atoms with Gasteiger partial charge in [-0.1, -0.05) is 6.07 Å². The Kier molecular flexibility index (Phi) is 4.05. The number of hydrogen-bond acceptors (Lipinski definition) is 5. The van der Waals surface area contributed by atoms with Gasteiger partial charge in [-0.25, -0.2) is 17.7 Å². The fraction of sp³-hybridized carbons (Fsp3) is 0.600. The van der Waals surface area contributed by atoms with Gasteiger partial charge in [-0.05, 0) is 25.0 Å². The van der Waals surface area contributed by atoms with Crippen molar-refractivity contribution in [1.29, 1.82) is 0 Å². The number of aliphatic carboxylic acids is 1. The summed E-state index contributed by atoms with van der Waals surface area (Å²) in [5.74, 6) is -0.331. The summed E-state index contributed by atoms with van der Waals surface area (Å²) in [6, 6.07) is 5.54. The van der Waals surface area contributed by atoms with E-state index in [1.807, 2.05) is 23.1 Å². The SMILES string of the molecule is CS(=O)(=O)N1CCC[C@]2(C(=O)O)CN(c3ccccn3)C[C@@H]2C1. The zero-order valence-corrected chi connectivity index (χ0v) is 13.9. The van der Waals surface area contributed by atoms with E-state index < -0.39 is 21.4 Å². The molecule has 3 heterocycles. The van der Waals surface area contributed by atoms with Gasteiger partial charge in [-0.3, -0.25) is 4.79 Å². The van der Waals surface area contributed by atoms with Crippen LogP contribution in [0.25, 0.3) is 0 Å². The monoisotopic (exact) mass is 339 g/mol. The number of rotatable bonds is 3. The molecule has 0 amide bonds. The molecule has 126 valence electrons. The molecule has 3 rings (SSSR count). The lowest BCUT2D eigenvalue weighted by Crippen LogP contribution is -2.42. The topological polar surface area (TPSA) is 90.8 Å². The minimum absolute atomic E-state index is 0.237. The minimum atomic E-state index is -3.32. The summed E-state index contributed by atoms with van der Waals surface area (Å²) in [6.45, 7) is 1.54. The molecule has 2 aliphatic rings. The van der Waals surface area contributed by atoms with E-state index in [9.17, 15) is 18.3 Å². The molecule has 8 heteroatoms. The van der Waals surface area contributed by atoms with Crippen molar-refractivity contribution >= 4 is 21.8 Å². The number of fused-ring (bicyclic) bond motifs is 1. The number of sulfonamides is 1. The van der Waals surface area contributed by atoms with E-state index >= 15 is 0 Å². The second kappa shape index (κ2) is 5.76. The van der Waals surface area contributed by atoms with Crippen LogP contribution in [0.3, 0.4) is 0 Å². The van der Waals surface area contributed by atoms with E-state index in [2.05, 4.69) is 4.98 Å². The molecule has 7 nitrogen and oxygen atoms in total. The third-order valence-electron chi connectivity index (χ3n) is 5.02. The summed E-state index contributed by atoms with van der Waals surface area (Å²) in [5, 5.41) is 9.86. The third-order valence-corrected chi connectivity index (χ3v) is 6.29. The number of hydrogen-bond donors (Lipinski definition) is 1. The molecule has 0 aliphatic carbocycles. The molecule has 0 saturated carbocycles. The Bertz CT molecular complexity index is 694. The molecule has 23 heavy (non-hydrogen) atoms. The largest absolute Gasteiger partial charge is 0.481 e. The fourth-order valence-corrected chi connectivity index (χ4v) is 4.68. The van der Waals surface area contributed by atoms with Crippen molar-refractivity contribution < 1.29 is 18.3 Å². The predicted molar refractivity (Wildman–Crippen MR) is 85.7 cm³/mol. The molecule has 2 fully saturated rings.